The van der Waals surface area contributed by atoms with Crippen molar-refractivity contribution < 1.29 is 0 Å². The highest BCUT2D eigenvalue weighted by atomic mass is 35.5. The first kappa shape index (κ1) is 42.3. The molecule has 0 unspecified atom stereocenters. The lowest BCUT2D eigenvalue weighted by Gasteiger charge is -2.36. The monoisotopic (exact) mass is 782 g/mol. The van der Waals surface area contributed by atoms with Crippen molar-refractivity contribution in [1.82, 2.24) is 25.1 Å². The molecule has 0 radical (unpaired) electrons. The molecule has 57 heavy (non-hydrogen) atoms. The molecule has 0 amide bonds. The number of pyridine rings is 2. The van der Waals surface area contributed by atoms with Crippen molar-refractivity contribution in [2.75, 3.05) is 70.3 Å². The summed E-state index contributed by atoms with van der Waals surface area (Å²) in [7, 11) is 0. The molecule has 300 valence electrons. The number of benzene rings is 4. The molecule has 0 atom stereocenters. The second-order valence-corrected chi connectivity index (χ2v) is 15.8. The lowest BCUT2D eigenvalue weighted by Crippen LogP contribution is -2.38. The highest BCUT2D eigenvalue weighted by molar-refractivity contribution is 6.35. The standard InChI is InChI=1S/C25H31N3.C15H10ClN.C10H22N2/c1-3-27(4-2)19-20-14-16-28(17-15-20)25-18-24(21-10-6-5-7-11-21)26-23-13-9-8-12-22(23)25;16-13-10-15(11-6-2-1-3-7-11)17-14-9-5-4-8-12(13)14;1-3-12(4-2)9-10-5-7-11-8-6-10/h5-13,18,20H,3-4,14-17,19H2,1-2H3;1-10H;10-11H,3-9H2,1-2H3. The smallest absolute Gasteiger partial charge is 0.0730 e. The van der Waals surface area contributed by atoms with Crippen molar-refractivity contribution in [2.24, 2.45) is 11.8 Å². The maximum absolute atomic E-state index is 6.27. The van der Waals surface area contributed by atoms with Gasteiger partial charge in [0.1, 0.15) is 0 Å². The van der Waals surface area contributed by atoms with E-state index in [9.17, 15) is 0 Å². The van der Waals surface area contributed by atoms with Crippen molar-refractivity contribution >= 4 is 39.1 Å². The van der Waals surface area contributed by atoms with Crippen LogP contribution < -0.4 is 10.2 Å². The summed E-state index contributed by atoms with van der Waals surface area (Å²) in [6.07, 6.45) is 5.29. The first-order valence-electron chi connectivity index (χ1n) is 21.5. The normalized spacial score (nSPS) is 15.0. The minimum atomic E-state index is 0.745. The highest BCUT2D eigenvalue weighted by Crippen LogP contribution is 2.34. The summed E-state index contributed by atoms with van der Waals surface area (Å²) in [5, 5.41) is 6.41. The minimum absolute atomic E-state index is 0.745. The number of nitrogens with zero attached hydrogens (tertiary/aromatic N) is 5. The van der Waals surface area contributed by atoms with Gasteiger partial charge in [-0.15, -0.1) is 0 Å². The zero-order valence-corrected chi connectivity index (χ0v) is 35.5. The number of anilines is 1. The average Bonchev–Trinajstić information content (AvgIpc) is 3.28. The molecule has 6 nitrogen and oxygen atoms in total. The van der Waals surface area contributed by atoms with Crippen LogP contribution in [0.4, 0.5) is 5.69 Å². The van der Waals surface area contributed by atoms with Gasteiger partial charge in [-0.1, -0.05) is 136 Å². The third kappa shape index (κ3) is 11.9. The Morgan fingerprint density at radius 1 is 0.561 bits per heavy atom. The average molecular weight is 784 g/mol. The second kappa shape index (κ2) is 22.0. The zero-order chi connectivity index (χ0) is 39.8. The molecule has 0 aliphatic carbocycles. The van der Waals surface area contributed by atoms with E-state index in [0.29, 0.717) is 0 Å². The summed E-state index contributed by atoms with van der Waals surface area (Å²) in [6.45, 7) is 21.1. The topological polar surface area (TPSA) is 47.5 Å². The quantitative estimate of drug-likeness (QED) is 0.141. The molecule has 0 bridgehead atoms. The highest BCUT2D eigenvalue weighted by Gasteiger charge is 2.23. The third-order valence-corrected chi connectivity index (χ3v) is 12.0. The number of rotatable bonds is 11. The number of piperidine rings is 2. The number of hydrogen-bond acceptors (Lipinski definition) is 6. The maximum Gasteiger partial charge on any atom is 0.0730 e. The van der Waals surface area contributed by atoms with E-state index >= 15 is 0 Å². The molecule has 6 aromatic rings. The van der Waals surface area contributed by atoms with Gasteiger partial charge in [0.15, 0.2) is 0 Å². The van der Waals surface area contributed by atoms with Gasteiger partial charge in [-0.3, -0.25) is 0 Å². The van der Waals surface area contributed by atoms with Crippen LogP contribution in [0.15, 0.2) is 121 Å². The Morgan fingerprint density at radius 3 is 1.53 bits per heavy atom. The molecule has 8 rings (SSSR count). The van der Waals surface area contributed by atoms with Crippen molar-refractivity contribution in [3.8, 4) is 22.5 Å². The molecule has 0 spiro atoms. The fourth-order valence-electron chi connectivity index (χ4n) is 8.18. The van der Waals surface area contributed by atoms with Gasteiger partial charge in [-0.2, -0.15) is 0 Å². The predicted molar refractivity (Wildman–Crippen MR) is 245 cm³/mol. The SMILES string of the molecule is CCN(CC)CC1CCN(c2cc(-c3ccccc3)nc3ccccc23)CC1.CCN(CC)CC1CCNCC1.Clc1cc(-c2ccccc2)nc2ccccc12. The van der Waals surface area contributed by atoms with Crippen LogP contribution in [0, 0.1) is 11.8 Å². The summed E-state index contributed by atoms with van der Waals surface area (Å²) in [5.41, 5.74) is 7.61. The lowest BCUT2D eigenvalue weighted by atomic mass is 9.95. The van der Waals surface area contributed by atoms with Crippen molar-refractivity contribution in [2.45, 2.75) is 53.4 Å². The molecule has 2 saturated heterocycles. The van der Waals surface area contributed by atoms with Gasteiger partial charge in [-0.05, 0) is 101 Å². The Morgan fingerprint density at radius 2 is 1.00 bits per heavy atom. The van der Waals surface area contributed by atoms with E-state index in [-0.39, 0.29) is 0 Å². The molecular formula is C50H63ClN6. The van der Waals surface area contributed by atoms with Gasteiger partial charge >= 0.3 is 0 Å². The van der Waals surface area contributed by atoms with Crippen LogP contribution in [-0.4, -0.2) is 85.2 Å². The van der Waals surface area contributed by atoms with Gasteiger partial charge in [-0.25, -0.2) is 9.97 Å². The van der Waals surface area contributed by atoms with Crippen molar-refractivity contribution in [1.29, 1.82) is 0 Å². The summed E-state index contributed by atoms with van der Waals surface area (Å²) in [5.74, 6) is 1.77. The molecule has 2 aliphatic rings. The van der Waals surface area contributed by atoms with E-state index in [1.165, 1.54) is 81.6 Å². The van der Waals surface area contributed by atoms with E-state index in [4.69, 9.17) is 16.6 Å². The number of para-hydroxylation sites is 2. The van der Waals surface area contributed by atoms with E-state index in [2.05, 4.69) is 113 Å². The number of halogens is 1. The molecule has 7 heteroatoms. The minimum Gasteiger partial charge on any atom is -0.371 e. The van der Waals surface area contributed by atoms with Crippen LogP contribution in [0.5, 0.6) is 0 Å². The number of fused-ring (bicyclic) bond motifs is 2. The Bertz CT molecular complexity index is 2070. The van der Waals surface area contributed by atoms with Gasteiger partial charge in [0, 0.05) is 53.8 Å². The van der Waals surface area contributed by atoms with Gasteiger partial charge < -0.3 is 20.0 Å². The number of aromatic nitrogens is 2. The zero-order valence-electron chi connectivity index (χ0n) is 34.7. The Labute approximate surface area is 347 Å². The van der Waals surface area contributed by atoms with Crippen LogP contribution in [0.3, 0.4) is 0 Å². The van der Waals surface area contributed by atoms with E-state index < -0.39 is 0 Å². The maximum atomic E-state index is 6.27. The summed E-state index contributed by atoms with van der Waals surface area (Å²) < 4.78 is 0. The van der Waals surface area contributed by atoms with Gasteiger partial charge in [0.2, 0.25) is 0 Å². The van der Waals surface area contributed by atoms with E-state index in [0.717, 1.165) is 76.4 Å². The van der Waals surface area contributed by atoms with Crippen molar-refractivity contribution in [3.63, 3.8) is 0 Å². The third-order valence-electron chi connectivity index (χ3n) is 11.7. The lowest BCUT2D eigenvalue weighted by molar-refractivity contribution is 0.222. The summed E-state index contributed by atoms with van der Waals surface area (Å²) in [6, 6.07) is 41.3. The summed E-state index contributed by atoms with van der Waals surface area (Å²) in [4.78, 5) is 17.2. The second-order valence-electron chi connectivity index (χ2n) is 15.4. The van der Waals surface area contributed by atoms with Crippen LogP contribution in [-0.2, 0) is 0 Å². The molecule has 2 aromatic heterocycles. The molecule has 2 aliphatic heterocycles. The molecule has 4 heterocycles. The van der Waals surface area contributed by atoms with E-state index in [1.54, 1.807) is 0 Å². The van der Waals surface area contributed by atoms with Gasteiger partial charge in [0.25, 0.3) is 0 Å². The first-order valence-corrected chi connectivity index (χ1v) is 21.8. The predicted octanol–water partition coefficient (Wildman–Crippen LogP) is 11.3. The fraction of sp³-hybridized carbons (Fsp3) is 0.400. The largest absolute Gasteiger partial charge is 0.371 e. The molecular weight excluding hydrogens is 720 g/mol. The molecule has 4 aromatic carbocycles. The Kier molecular flexibility index (Phi) is 16.3. The Hall–Kier alpha value is -4.33. The first-order chi connectivity index (χ1) is 28.0. The van der Waals surface area contributed by atoms with Crippen LogP contribution in [0.2, 0.25) is 5.02 Å². The number of nitrogens with one attached hydrogen (secondary N) is 1. The fourth-order valence-corrected chi connectivity index (χ4v) is 8.44. The molecule has 2 fully saturated rings. The van der Waals surface area contributed by atoms with Crippen molar-refractivity contribution in [3.05, 3.63) is 126 Å². The number of hydrogen-bond donors (Lipinski definition) is 1. The van der Waals surface area contributed by atoms with Crippen LogP contribution in [0.25, 0.3) is 44.3 Å². The summed E-state index contributed by atoms with van der Waals surface area (Å²) >= 11 is 6.27. The van der Waals surface area contributed by atoms with E-state index in [1.807, 2.05) is 60.7 Å². The Balaban J connectivity index is 0.000000160. The molecule has 0 saturated carbocycles. The van der Waals surface area contributed by atoms with Gasteiger partial charge in [0.05, 0.1) is 27.4 Å². The molecule has 1 N–H and O–H groups in total. The van der Waals surface area contributed by atoms with Crippen LogP contribution >= 0.6 is 11.6 Å². The van der Waals surface area contributed by atoms with Crippen LogP contribution in [0.1, 0.15) is 53.4 Å².